The third-order valence-electron chi connectivity index (χ3n) is 8.94. The molecule has 6 aromatic carbocycles. The Morgan fingerprint density at radius 3 is 2.00 bits per heavy atom. The van der Waals surface area contributed by atoms with Gasteiger partial charge in [-0.15, -0.1) is 0 Å². The lowest BCUT2D eigenvalue weighted by Crippen LogP contribution is -2.01. The molecule has 0 saturated heterocycles. The second-order valence-electron chi connectivity index (χ2n) is 11.9. The molecule has 0 saturated carbocycles. The first-order valence-electron chi connectivity index (χ1n) is 16.0. The summed E-state index contributed by atoms with van der Waals surface area (Å²) in [4.78, 5) is 15.5. The van der Waals surface area contributed by atoms with Gasteiger partial charge in [-0.05, 0) is 70.1 Å². The smallest absolute Gasteiger partial charge is 0.164 e. The number of allylic oxidation sites excluding steroid dienone is 4. The molecular formula is C43H29N3O. The quantitative estimate of drug-likeness (QED) is 0.196. The molecule has 0 bridgehead atoms. The lowest BCUT2D eigenvalue weighted by atomic mass is 9.98. The highest BCUT2D eigenvalue weighted by Crippen LogP contribution is 2.40. The fourth-order valence-corrected chi connectivity index (χ4v) is 6.55. The van der Waals surface area contributed by atoms with Crippen LogP contribution in [0.2, 0.25) is 0 Å². The van der Waals surface area contributed by atoms with E-state index >= 15 is 0 Å². The van der Waals surface area contributed by atoms with Gasteiger partial charge in [0.25, 0.3) is 0 Å². The first kappa shape index (κ1) is 27.2. The molecule has 0 amide bonds. The summed E-state index contributed by atoms with van der Waals surface area (Å²) in [5.74, 6) is 1.86. The summed E-state index contributed by atoms with van der Waals surface area (Å²) in [7, 11) is 0. The van der Waals surface area contributed by atoms with E-state index in [0.29, 0.717) is 17.5 Å². The first-order chi connectivity index (χ1) is 23.3. The van der Waals surface area contributed by atoms with Crippen LogP contribution >= 0.6 is 0 Å². The van der Waals surface area contributed by atoms with Crippen LogP contribution < -0.4 is 0 Å². The molecule has 222 valence electrons. The van der Waals surface area contributed by atoms with Crippen molar-refractivity contribution in [1.82, 2.24) is 15.0 Å². The van der Waals surface area contributed by atoms with E-state index in [1.54, 1.807) is 0 Å². The van der Waals surface area contributed by atoms with E-state index in [2.05, 4.69) is 127 Å². The van der Waals surface area contributed by atoms with Crippen molar-refractivity contribution in [3.63, 3.8) is 0 Å². The summed E-state index contributed by atoms with van der Waals surface area (Å²) in [6.07, 6.45) is 8.91. The molecule has 4 nitrogen and oxygen atoms in total. The number of hydrogen-bond donors (Lipinski definition) is 0. The van der Waals surface area contributed by atoms with Crippen LogP contribution in [0.1, 0.15) is 18.4 Å². The molecule has 0 atom stereocenters. The molecule has 1 aliphatic rings. The van der Waals surface area contributed by atoms with E-state index in [1.165, 1.54) is 16.5 Å². The molecule has 0 N–H and O–H groups in total. The van der Waals surface area contributed by atoms with Gasteiger partial charge in [-0.2, -0.15) is 0 Å². The Morgan fingerprint density at radius 2 is 1.17 bits per heavy atom. The third kappa shape index (κ3) is 5.01. The number of rotatable bonds is 5. The fraction of sp³-hybridized carbons (Fsp3) is 0.0465. The Morgan fingerprint density at radius 1 is 0.468 bits per heavy atom. The molecule has 0 aliphatic heterocycles. The van der Waals surface area contributed by atoms with Crippen molar-refractivity contribution in [2.24, 2.45) is 0 Å². The number of hydrogen-bond acceptors (Lipinski definition) is 4. The van der Waals surface area contributed by atoms with Gasteiger partial charge in [-0.3, -0.25) is 0 Å². The Bertz CT molecular complexity index is 2510. The van der Waals surface area contributed by atoms with Gasteiger partial charge < -0.3 is 4.42 Å². The van der Waals surface area contributed by atoms with Crippen molar-refractivity contribution in [1.29, 1.82) is 0 Å². The average molecular weight is 604 g/mol. The molecule has 1 aliphatic carbocycles. The lowest BCUT2D eigenvalue weighted by Gasteiger charge is -2.12. The maximum Gasteiger partial charge on any atom is 0.164 e. The zero-order valence-electron chi connectivity index (χ0n) is 25.6. The Hall–Kier alpha value is -6.13. The van der Waals surface area contributed by atoms with Gasteiger partial charge in [-0.1, -0.05) is 127 Å². The highest BCUT2D eigenvalue weighted by atomic mass is 16.3. The normalized spacial score (nSPS) is 13.0. The van der Waals surface area contributed by atoms with Crippen LogP contribution in [0.15, 0.2) is 156 Å². The summed E-state index contributed by atoms with van der Waals surface area (Å²) in [5.41, 5.74) is 9.00. The Labute approximate surface area is 272 Å². The summed E-state index contributed by atoms with van der Waals surface area (Å²) < 4.78 is 6.44. The molecule has 0 spiro atoms. The molecular weight excluding hydrogens is 574 g/mol. The second kappa shape index (κ2) is 11.3. The fourth-order valence-electron chi connectivity index (χ4n) is 6.55. The maximum atomic E-state index is 6.44. The number of nitrogens with zero attached hydrogens (tertiary/aromatic N) is 3. The van der Waals surface area contributed by atoms with Crippen molar-refractivity contribution in [2.45, 2.75) is 12.8 Å². The topological polar surface area (TPSA) is 51.8 Å². The number of para-hydroxylation sites is 1. The van der Waals surface area contributed by atoms with Crippen molar-refractivity contribution in [3.8, 4) is 45.3 Å². The van der Waals surface area contributed by atoms with E-state index < -0.39 is 0 Å². The van der Waals surface area contributed by atoms with E-state index in [0.717, 1.165) is 68.0 Å². The van der Waals surface area contributed by atoms with Gasteiger partial charge in [0.15, 0.2) is 17.5 Å². The van der Waals surface area contributed by atoms with E-state index in [1.807, 2.05) is 24.3 Å². The highest BCUT2D eigenvalue weighted by Gasteiger charge is 2.20. The Kier molecular flexibility index (Phi) is 6.57. The number of furan rings is 1. The van der Waals surface area contributed by atoms with Crippen LogP contribution in [0.5, 0.6) is 0 Å². The predicted molar refractivity (Wildman–Crippen MR) is 193 cm³/mol. The van der Waals surface area contributed by atoms with Gasteiger partial charge in [0.2, 0.25) is 0 Å². The lowest BCUT2D eigenvalue weighted by molar-refractivity contribution is 0.669. The van der Waals surface area contributed by atoms with Crippen molar-refractivity contribution >= 4 is 38.3 Å². The van der Waals surface area contributed by atoms with E-state index in [-0.39, 0.29) is 0 Å². The van der Waals surface area contributed by atoms with Crippen LogP contribution in [0.4, 0.5) is 0 Å². The zero-order chi connectivity index (χ0) is 31.2. The van der Waals surface area contributed by atoms with Crippen molar-refractivity contribution in [2.75, 3.05) is 0 Å². The Balaban J connectivity index is 1.29. The summed E-state index contributed by atoms with van der Waals surface area (Å²) in [6.45, 7) is 0. The molecule has 0 unspecified atom stereocenters. The zero-order valence-corrected chi connectivity index (χ0v) is 25.6. The minimum Gasteiger partial charge on any atom is -0.456 e. The van der Waals surface area contributed by atoms with Crippen molar-refractivity contribution in [3.05, 3.63) is 157 Å². The molecule has 0 radical (unpaired) electrons. The van der Waals surface area contributed by atoms with Crippen LogP contribution in [0.3, 0.4) is 0 Å². The van der Waals surface area contributed by atoms with Crippen LogP contribution in [-0.2, 0) is 0 Å². The minimum absolute atomic E-state index is 0.606. The van der Waals surface area contributed by atoms with Crippen LogP contribution in [0, 0.1) is 0 Å². The summed E-state index contributed by atoms with van der Waals surface area (Å²) in [6, 6.07) is 46.2. The minimum atomic E-state index is 0.606. The number of benzene rings is 6. The molecule has 47 heavy (non-hydrogen) atoms. The molecule has 9 rings (SSSR count). The van der Waals surface area contributed by atoms with Gasteiger partial charge >= 0.3 is 0 Å². The molecule has 4 heteroatoms. The number of fused-ring (bicyclic) bond motifs is 4. The highest BCUT2D eigenvalue weighted by molar-refractivity contribution is 6.13. The summed E-state index contributed by atoms with van der Waals surface area (Å²) >= 11 is 0. The second-order valence-corrected chi connectivity index (χ2v) is 11.9. The third-order valence-corrected chi connectivity index (χ3v) is 8.94. The van der Waals surface area contributed by atoms with Gasteiger partial charge in [-0.25, -0.2) is 15.0 Å². The molecule has 2 aromatic heterocycles. The van der Waals surface area contributed by atoms with Gasteiger partial charge in [0.05, 0.1) is 0 Å². The van der Waals surface area contributed by atoms with Gasteiger partial charge in [0, 0.05) is 27.5 Å². The van der Waals surface area contributed by atoms with Crippen LogP contribution in [0.25, 0.3) is 83.6 Å². The largest absolute Gasteiger partial charge is 0.456 e. The van der Waals surface area contributed by atoms with E-state index in [4.69, 9.17) is 19.4 Å². The standard InChI is InChI=1S/C43H29N3O/c1-3-11-28(12-4-1)31-19-22-32(23-20-31)41-44-42(34-24-21-30-15-7-8-16-33(30)25-34)46-43(45-41)37-26-35(29-13-5-2-6-14-29)27-39-40(37)36-17-9-10-18-38(36)47-39/h2-3,5-27H,1,4H2. The number of aromatic nitrogens is 3. The SMILES string of the molecule is C1=CC(c2ccc(-c3nc(-c4ccc5ccccc5c4)nc(-c4cc(-c5ccccc5)cc5oc6ccccc6c45)n3)cc2)=CCC1. The van der Waals surface area contributed by atoms with Gasteiger partial charge in [0.1, 0.15) is 11.2 Å². The average Bonchev–Trinajstić information content (AvgIpc) is 3.53. The molecule has 8 aromatic rings. The van der Waals surface area contributed by atoms with Crippen molar-refractivity contribution < 1.29 is 4.42 Å². The monoisotopic (exact) mass is 603 g/mol. The first-order valence-corrected chi connectivity index (χ1v) is 16.0. The van der Waals surface area contributed by atoms with E-state index in [9.17, 15) is 0 Å². The van der Waals surface area contributed by atoms with Crippen LogP contribution in [-0.4, -0.2) is 15.0 Å². The molecule has 0 fully saturated rings. The maximum absolute atomic E-state index is 6.44. The summed E-state index contributed by atoms with van der Waals surface area (Å²) in [5, 5.41) is 4.34. The molecule has 2 heterocycles. The predicted octanol–water partition coefficient (Wildman–Crippen LogP) is 11.3.